The Bertz CT molecular complexity index is 909. The van der Waals surface area contributed by atoms with Crippen LogP contribution in [0.1, 0.15) is 28.9 Å². The molecule has 25 heavy (non-hydrogen) atoms. The average Bonchev–Trinajstić information content (AvgIpc) is 2.97. The van der Waals surface area contributed by atoms with Crippen LogP contribution in [0.15, 0.2) is 48.9 Å². The van der Waals surface area contributed by atoms with Crippen LogP contribution >= 0.6 is 0 Å². The third kappa shape index (κ3) is 3.55. The molecule has 0 radical (unpaired) electrons. The van der Waals surface area contributed by atoms with Crippen LogP contribution in [0.2, 0.25) is 0 Å². The Labute approximate surface area is 143 Å². The molecule has 128 valence electrons. The first kappa shape index (κ1) is 16.8. The number of rotatable bonds is 4. The summed E-state index contributed by atoms with van der Waals surface area (Å²) in [5, 5.41) is 7.02. The Morgan fingerprint density at radius 2 is 2.08 bits per heavy atom. The fourth-order valence-corrected chi connectivity index (χ4v) is 2.58. The number of nitrogens with zero attached hydrogens (tertiary/aromatic N) is 3. The van der Waals surface area contributed by atoms with Crippen LogP contribution < -0.4 is 5.32 Å². The number of benzene rings is 1. The standard InChI is InChI=1S/C18H16F2N4O/c1-11(14-6-5-13(19)8-16(14)20)22-18(25)15-10-24(2)23-17(15)12-4-3-7-21-9-12/h3-11H,1-2H3,(H,22,25)/t11-/m0/s1. The van der Waals surface area contributed by atoms with Crippen LogP contribution in [0.5, 0.6) is 0 Å². The molecule has 1 aromatic carbocycles. The maximum absolute atomic E-state index is 13.9. The van der Waals surface area contributed by atoms with E-state index in [0.29, 0.717) is 16.8 Å². The molecule has 0 aliphatic heterocycles. The van der Waals surface area contributed by atoms with E-state index in [1.165, 1.54) is 10.7 Å². The van der Waals surface area contributed by atoms with E-state index < -0.39 is 23.6 Å². The number of hydrogen-bond acceptors (Lipinski definition) is 3. The summed E-state index contributed by atoms with van der Waals surface area (Å²) in [6.45, 7) is 1.63. The average molecular weight is 342 g/mol. The van der Waals surface area contributed by atoms with Gasteiger partial charge in [0.25, 0.3) is 5.91 Å². The Kier molecular flexibility index (Phi) is 4.56. The quantitative estimate of drug-likeness (QED) is 0.792. The molecule has 0 saturated carbocycles. The lowest BCUT2D eigenvalue weighted by Crippen LogP contribution is -2.27. The fourth-order valence-electron chi connectivity index (χ4n) is 2.58. The van der Waals surface area contributed by atoms with Crippen LogP contribution in [-0.4, -0.2) is 20.7 Å². The number of amides is 1. The van der Waals surface area contributed by atoms with E-state index in [4.69, 9.17) is 0 Å². The number of carbonyl (C=O) groups excluding carboxylic acids is 1. The van der Waals surface area contributed by atoms with Gasteiger partial charge in [-0.05, 0) is 25.1 Å². The number of hydrogen-bond donors (Lipinski definition) is 1. The summed E-state index contributed by atoms with van der Waals surface area (Å²) >= 11 is 0. The number of carbonyl (C=O) groups is 1. The van der Waals surface area contributed by atoms with E-state index in [1.807, 2.05) is 0 Å². The van der Waals surface area contributed by atoms with Crippen LogP contribution in [0.25, 0.3) is 11.3 Å². The van der Waals surface area contributed by atoms with Crippen LogP contribution in [0.3, 0.4) is 0 Å². The lowest BCUT2D eigenvalue weighted by molar-refractivity contribution is 0.0940. The zero-order valence-corrected chi connectivity index (χ0v) is 13.7. The second kappa shape index (κ2) is 6.80. The Morgan fingerprint density at radius 1 is 1.28 bits per heavy atom. The van der Waals surface area contributed by atoms with Gasteiger partial charge in [0, 0.05) is 42.8 Å². The maximum Gasteiger partial charge on any atom is 0.255 e. The molecule has 0 aliphatic rings. The SMILES string of the molecule is C[C@H](NC(=O)c1cn(C)nc1-c1cccnc1)c1ccc(F)cc1F. The van der Waals surface area contributed by atoms with Gasteiger partial charge in [-0.25, -0.2) is 8.78 Å². The topological polar surface area (TPSA) is 59.8 Å². The number of aromatic nitrogens is 3. The first-order valence-corrected chi connectivity index (χ1v) is 7.65. The van der Waals surface area contributed by atoms with Gasteiger partial charge in [0.1, 0.15) is 17.3 Å². The van der Waals surface area contributed by atoms with Crippen molar-refractivity contribution in [1.82, 2.24) is 20.1 Å². The molecule has 2 heterocycles. The highest BCUT2D eigenvalue weighted by Gasteiger charge is 2.20. The summed E-state index contributed by atoms with van der Waals surface area (Å²) in [5.41, 5.74) is 1.75. The molecule has 2 aromatic heterocycles. The molecule has 1 N–H and O–H groups in total. The van der Waals surface area contributed by atoms with Gasteiger partial charge < -0.3 is 5.32 Å². The van der Waals surface area contributed by atoms with Gasteiger partial charge in [-0.3, -0.25) is 14.5 Å². The minimum Gasteiger partial charge on any atom is -0.345 e. The molecule has 0 aliphatic carbocycles. The highest BCUT2D eigenvalue weighted by Crippen LogP contribution is 2.23. The second-order valence-electron chi connectivity index (χ2n) is 5.67. The van der Waals surface area contributed by atoms with Crippen molar-refractivity contribution in [2.75, 3.05) is 0 Å². The molecular formula is C18H16F2N4O. The molecule has 0 saturated heterocycles. The normalized spacial score (nSPS) is 12.0. The fraction of sp³-hybridized carbons (Fsp3) is 0.167. The van der Waals surface area contributed by atoms with Gasteiger partial charge in [-0.2, -0.15) is 5.10 Å². The van der Waals surface area contributed by atoms with Crippen LogP contribution in [0.4, 0.5) is 8.78 Å². The zero-order valence-electron chi connectivity index (χ0n) is 13.7. The number of nitrogens with one attached hydrogen (secondary N) is 1. The predicted molar refractivity (Wildman–Crippen MR) is 88.7 cm³/mol. The summed E-state index contributed by atoms with van der Waals surface area (Å²) in [6.07, 6.45) is 4.83. The minimum atomic E-state index is -0.702. The largest absolute Gasteiger partial charge is 0.345 e. The first-order chi connectivity index (χ1) is 12.0. The molecular weight excluding hydrogens is 326 g/mol. The second-order valence-corrected chi connectivity index (χ2v) is 5.67. The van der Waals surface area contributed by atoms with Crippen molar-refractivity contribution >= 4 is 5.91 Å². The van der Waals surface area contributed by atoms with Crippen molar-refractivity contribution in [2.45, 2.75) is 13.0 Å². The van der Waals surface area contributed by atoms with Gasteiger partial charge in [0.15, 0.2) is 0 Å². The Morgan fingerprint density at radius 3 is 2.76 bits per heavy atom. The van der Waals surface area contributed by atoms with Crippen molar-refractivity contribution in [3.63, 3.8) is 0 Å². The van der Waals surface area contributed by atoms with Crippen LogP contribution in [-0.2, 0) is 7.05 Å². The van der Waals surface area contributed by atoms with E-state index in [9.17, 15) is 13.6 Å². The van der Waals surface area contributed by atoms with E-state index in [-0.39, 0.29) is 5.56 Å². The molecule has 0 spiro atoms. The van der Waals surface area contributed by atoms with Gasteiger partial charge in [-0.15, -0.1) is 0 Å². The third-order valence-corrected chi connectivity index (χ3v) is 3.78. The highest BCUT2D eigenvalue weighted by atomic mass is 19.1. The highest BCUT2D eigenvalue weighted by molar-refractivity contribution is 5.99. The minimum absolute atomic E-state index is 0.210. The maximum atomic E-state index is 13.9. The number of halogens is 2. The van der Waals surface area contributed by atoms with Crippen molar-refractivity contribution in [3.8, 4) is 11.3 Å². The lowest BCUT2D eigenvalue weighted by atomic mass is 10.1. The lowest BCUT2D eigenvalue weighted by Gasteiger charge is -2.15. The van der Waals surface area contributed by atoms with Crippen LogP contribution in [0, 0.1) is 11.6 Å². The van der Waals surface area contributed by atoms with Gasteiger partial charge in [0.05, 0.1) is 11.6 Å². The van der Waals surface area contributed by atoms with Crippen molar-refractivity contribution < 1.29 is 13.6 Å². The molecule has 0 fully saturated rings. The molecule has 3 rings (SSSR count). The van der Waals surface area contributed by atoms with Crippen molar-refractivity contribution in [2.24, 2.45) is 7.05 Å². The summed E-state index contributed by atoms with van der Waals surface area (Å²) in [4.78, 5) is 16.7. The molecule has 1 amide bonds. The summed E-state index contributed by atoms with van der Waals surface area (Å²) < 4.78 is 28.5. The summed E-state index contributed by atoms with van der Waals surface area (Å²) in [7, 11) is 1.71. The molecule has 0 bridgehead atoms. The van der Waals surface area contributed by atoms with E-state index in [0.717, 1.165) is 12.1 Å². The zero-order chi connectivity index (χ0) is 18.0. The molecule has 0 unspecified atom stereocenters. The van der Waals surface area contributed by atoms with Gasteiger partial charge in [-0.1, -0.05) is 6.07 Å². The first-order valence-electron chi connectivity index (χ1n) is 7.65. The van der Waals surface area contributed by atoms with E-state index in [1.54, 1.807) is 44.7 Å². The molecule has 7 heteroatoms. The monoisotopic (exact) mass is 342 g/mol. The Hall–Kier alpha value is -3.09. The summed E-state index contributed by atoms with van der Waals surface area (Å²) in [5.74, 6) is -1.76. The smallest absolute Gasteiger partial charge is 0.255 e. The predicted octanol–water partition coefficient (Wildman–Crippen LogP) is 3.25. The molecule has 1 atom stereocenters. The summed E-state index contributed by atoms with van der Waals surface area (Å²) in [6, 6.07) is 6.20. The van der Waals surface area contributed by atoms with E-state index in [2.05, 4.69) is 15.4 Å². The van der Waals surface area contributed by atoms with Crippen molar-refractivity contribution in [3.05, 3.63) is 71.7 Å². The Balaban J connectivity index is 1.87. The molecule has 5 nitrogen and oxygen atoms in total. The van der Waals surface area contributed by atoms with Gasteiger partial charge in [0.2, 0.25) is 0 Å². The van der Waals surface area contributed by atoms with Crippen molar-refractivity contribution in [1.29, 1.82) is 0 Å². The van der Waals surface area contributed by atoms with Gasteiger partial charge >= 0.3 is 0 Å². The third-order valence-electron chi connectivity index (χ3n) is 3.78. The van der Waals surface area contributed by atoms with E-state index >= 15 is 0 Å². The molecule has 3 aromatic rings. The number of pyridine rings is 1. The number of aryl methyl sites for hydroxylation is 1.